The number of aromatic nitrogens is 2. The summed E-state index contributed by atoms with van der Waals surface area (Å²) in [5.74, 6) is 1.49. The van der Waals surface area contributed by atoms with Gasteiger partial charge in [0, 0.05) is 30.4 Å². The normalized spacial score (nSPS) is 10.3. The van der Waals surface area contributed by atoms with Crippen LogP contribution >= 0.6 is 0 Å². The van der Waals surface area contributed by atoms with Crippen LogP contribution in [0.15, 0.2) is 30.3 Å². The average Bonchev–Trinajstić information content (AvgIpc) is 2.51. The van der Waals surface area contributed by atoms with E-state index in [0.29, 0.717) is 18.7 Å². The molecule has 0 atom stereocenters. The van der Waals surface area contributed by atoms with E-state index in [1.807, 2.05) is 44.2 Å². The van der Waals surface area contributed by atoms with Crippen molar-refractivity contribution in [2.75, 3.05) is 18.4 Å². The van der Waals surface area contributed by atoms with E-state index in [1.165, 1.54) is 0 Å². The van der Waals surface area contributed by atoms with E-state index in [9.17, 15) is 4.79 Å². The summed E-state index contributed by atoms with van der Waals surface area (Å²) in [5, 5.41) is 6.10. The standard InChI is InChI=1S/C17H22N4O/c1-4-15-11-16(21-13(3)20-15)18-9-10-19-17(22)14-7-5-12(2)6-8-14/h5-8,11H,4,9-10H2,1-3H3,(H,19,22)(H,18,20,21). The van der Waals surface area contributed by atoms with Crippen LogP contribution in [0.4, 0.5) is 5.82 Å². The van der Waals surface area contributed by atoms with Crippen LogP contribution < -0.4 is 10.6 Å². The van der Waals surface area contributed by atoms with Crippen molar-refractivity contribution in [1.82, 2.24) is 15.3 Å². The largest absolute Gasteiger partial charge is 0.368 e. The van der Waals surface area contributed by atoms with Crippen LogP contribution in [-0.2, 0) is 6.42 Å². The van der Waals surface area contributed by atoms with Crippen LogP contribution in [0.1, 0.15) is 34.4 Å². The highest BCUT2D eigenvalue weighted by Gasteiger charge is 2.04. The van der Waals surface area contributed by atoms with Crippen LogP contribution in [0.25, 0.3) is 0 Å². The van der Waals surface area contributed by atoms with E-state index in [0.717, 1.165) is 29.3 Å². The lowest BCUT2D eigenvalue weighted by Crippen LogP contribution is -2.28. The van der Waals surface area contributed by atoms with Gasteiger partial charge in [0.1, 0.15) is 11.6 Å². The first-order valence-corrected chi connectivity index (χ1v) is 7.52. The van der Waals surface area contributed by atoms with Crippen molar-refractivity contribution in [3.63, 3.8) is 0 Å². The van der Waals surface area contributed by atoms with Crippen LogP contribution in [0, 0.1) is 13.8 Å². The number of nitrogens with one attached hydrogen (secondary N) is 2. The van der Waals surface area contributed by atoms with Crippen molar-refractivity contribution in [1.29, 1.82) is 0 Å². The molecular formula is C17H22N4O. The van der Waals surface area contributed by atoms with Gasteiger partial charge in [0.05, 0.1) is 0 Å². The summed E-state index contributed by atoms with van der Waals surface area (Å²) >= 11 is 0. The molecule has 0 aliphatic heterocycles. The fourth-order valence-corrected chi connectivity index (χ4v) is 2.07. The summed E-state index contributed by atoms with van der Waals surface area (Å²) in [5.41, 5.74) is 2.83. The molecule has 2 aromatic rings. The van der Waals surface area contributed by atoms with Crippen molar-refractivity contribution >= 4 is 11.7 Å². The highest BCUT2D eigenvalue weighted by Crippen LogP contribution is 2.06. The van der Waals surface area contributed by atoms with Gasteiger partial charge in [0.15, 0.2) is 0 Å². The minimum atomic E-state index is -0.0603. The minimum absolute atomic E-state index is 0.0603. The summed E-state index contributed by atoms with van der Waals surface area (Å²) in [4.78, 5) is 20.6. The van der Waals surface area contributed by atoms with Gasteiger partial charge in [-0.1, -0.05) is 24.6 Å². The molecule has 0 saturated carbocycles. The molecule has 1 heterocycles. The van der Waals surface area contributed by atoms with Gasteiger partial charge in [-0.15, -0.1) is 0 Å². The van der Waals surface area contributed by atoms with Crippen molar-refractivity contribution < 1.29 is 4.79 Å². The molecule has 0 aliphatic carbocycles. The average molecular weight is 298 g/mol. The van der Waals surface area contributed by atoms with E-state index in [1.54, 1.807) is 0 Å². The lowest BCUT2D eigenvalue weighted by Gasteiger charge is -2.09. The second kappa shape index (κ2) is 7.54. The third-order valence-electron chi connectivity index (χ3n) is 3.28. The number of hydrogen-bond acceptors (Lipinski definition) is 4. The molecule has 0 fully saturated rings. The second-order valence-corrected chi connectivity index (χ2v) is 5.19. The Kier molecular flexibility index (Phi) is 5.47. The molecule has 1 amide bonds. The van der Waals surface area contributed by atoms with Gasteiger partial charge in [-0.25, -0.2) is 9.97 Å². The number of amides is 1. The predicted molar refractivity (Wildman–Crippen MR) is 88.1 cm³/mol. The van der Waals surface area contributed by atoms with Gasteiger partial charge in [-0.3, -0.25) is 4.79 Å². The summed E-state index contributed by atoms with van der Waals surface area (Å²) in [6.07, 6.45) is 0.877. The summed E-state index contributed by atoms with van der Waals surface area (Å²) in [6.45, 7) is 7.10. The molecule has 1 aromatic carbocycles. The van der Waals surface area contributed by atoms with Crippen molar-refractivity contribution in [2.45, 2.75) is 27.2 Å². The number of hydrogen-bond donors (Lipinski definition) is 2. The Hall–Kier alpha value is -2.43. The zero-order chi connectivity index (χ0) is 15.9. The van der Waals surface area contributed by atoms with E-state index < -0.39 is 0 Å². The number of carbonyl (C=O) groups is 1. The zero-order valence-electron chi connectivity index (χ0n) is 13.3. The number of nitrogens with zero attached hydrogens (tertiary/aromatic N) is 2. The molecule has 0 saturated heterocycles. The van der Waals surface area contributed by atoms with Crippen LogP contribution in [0.2, 0.25) is 0 Å². The van der Waals surface area contributed by atoms with E-state index in [2.05, 4.69) is 27.5 Å². The fourth-order valence-electron chi connectivity index (χ4n) is 2.07. The molecule has 0 unspecified atom stereocenters. The van der Waals surface area contributed by atoms with Gasteiger partial charge in [-0.2, -0.15) is 0 Å². The molecule has 22 heavy (non-hydrogen) atoms. The molecular weight excluding hydrogens is 276 g/mol. The van der Waals surface area contributed by atoms with Gasteiger partial charge in [0.25, 0.3) is 5.91 Å². The molecule has 0 spiro atoms. The summed E-state index contributed by atoms with van der Waals surface area (Å²) in [7, 11) is 0. The first kappa shape index (κ1) is 15.9. The fraction of sp³-hybridized carbons (Fsp3) is 0.353. The maximum atomic E-state index is 12.0. The molecule has 0 bridgehead atoms. The molecule has 2 N–H and O–H groups in total. The van der Waals surface area contributed by atoms with Crippen molar-refractivity contribution in [3.05, 3.63) is 53.0 Å². The Bertz CT molecular complexity index is 638. The van der Waals surface area contributed by atoms with Crippen molar-refractivity contribution in [3.8, 4) is 0 Å². The number of carbonyl (C=O) groups excluding carboxylic acids is 1. The lowest BCUT2D eigenvalue weighted by molar-refractivity contribution is 0.0955. The monoisotopic (exact) mass is 298 g/mol. The first-order valence-electron chi connectivity index (χ1n) is 7.52. The second-order valence-electron chi connectivity index (χ2n) is 5.19. The molecule has 1 aromatic heterocycles. The molecule has 116 valence electrons. The van der Waals surface area contributed by atoms with E-state index in [-0.39, 0.29) is 5.91 Å². The highest BCUT2D eigenvalue weighted by atomic mass is 16.1. The minimum Gasteiger partial charge on any atom is -0.368 e. The molecule has 0 radical (unpaired) electrons. The summed E-state index contributed by atoms with van der Waals surface area (Å²) in [6, 6.07) is 9.47. The Morgan fingerprint density at radius 1 is 1.09 bits per heavy atom. The summed E-state index contributed by atoms with van der Waals surface area (Å²) < 4.78 is 0. The lowest BCUT2D eigenvalue weighted by atomic mass is 10.1. The Labute approximate surface area is 131 Å². The van der Waals surface area contributed by atoms with Crippen LogP contribution in [0.5, 0.6) is 0 Å². The third-order valence-corrected chi connectivity index (χ3v) is 3.28. The number of rotatable bonds is 6. The number of benzene rings is 1. The van der Waals surface area contributed by atoms with Crippen LogP contribution in [-0.4, -0.2) is 29.0 Å². The van der Waals surface area contributed by atoms with Gasteiger partial charge < -0.3 is 10.6 Å². The maximum Gasteiger partial charge on any atom is 0.251 e. The predicted octanol–water partition coefficient (Wildman–Crippen LogP) is 2.50. The van der Waals surface area contributed by atoms with Gasteiger partial charge in [0.2, 0.25) is 0 Å². The van der Waals surface area contributed by atoms with E-state index in [4.69, 9.17) is 0 Å². The topological polar surface area (TPSA) is 66.9 Å². The SMILES string of the molecule is CCc1cc(NCCNC(=O)c2ccc(C)cc2)nc(C)n1. The smallest absolute Gasteiger partial charge is 0.251 e. The van der Waals surface area contributed by atoms with Gasteiger partial charge in [-0.05, 0) is 32.4 Å². The molecule has 2 rings (SSSR count). The first-order chi connectivity index (χ1) is 10.6. The van der Waals surface area contributed by atoms with Crippen LogP contribution in [0.3, 0.4) is 0 Å². The molecule has 5 heteroatoms. The molecule has 0 aliphatic rings. The third kappa shape index (κ3) is 4.55. The zero-order valence-corrected chi connectivity index (χ0v) is 13.3. The van der Waals surface area contributed by atoms with Crippen molar-refractivity contribution in [2.24, 2.45) is 0 Å². The Morgan fingerprint density at radius 2 is 1.82 bits per heavy atom. The van der Waals surface area contributed by atoms with E-state index >= 15 is 0 Å². The maximum absolute atomic E-state index is 12.0. The quantitative estimate of drug-likeness (QED) is 0.804. The Morgan fingerprint density at radius 3 is 2.50 bits per heavy atom. The molecule has 5 nitrogen and oxygen atoms in total. The number of aryl methyl sites for hydroxylation is 3. The highest BCUT2D eigenvalue weighted by molar-refractivity contribution is 5.94. The van der Waals surface area contributed by atoms with Gasteiger partial charge >= 0.3 is 0 Å². The number of anilines is 1. The Balaban J connectivity index is 1.80.